The van der Waals surface area contributed by atoms with E-state index in [1.165, 1.54) is 25.9 Å². The van der Waals surface area contributed by atoms with Gasteiger partial charge in [-0.25, -0.2) is 9.97 Å². The molecule has 8 nitrogen and oxygen atoms in total. The normalized spacial score (nSPS) is 14.1. The lowest BCUT2D eigenvalue weighted by molar-refractivity contribution is 0.0734. The number of benzene rings is 1. The number of carbonyl (C=O) groups excluding carboxylic acids is 2. The smallest absolute Gasteiger partial charge is 0.273 e. The molecule has 0 atom stereocenters. The first-order valence-electron chi connectivity index (χ1n) is 14.5. The van der Waals surface area contributed by atoms with Crippen molar-refractivity contribution in [2.75, 3.05) is 32.7 Å². The van der Waals surface area contributed by atoms with Crippen molar-refractivity contribution in [3.05, 3.63) is 53.6 Å². The van der Waals surface area contributed by atoms with E-state index >= 15 is 0 Å². The minimum absolute atomic E-state index is 0.0257. The van der Waals surface area contributed by atoms with E-state index in [1.807, 2.05) is 27.6 Å². The summed E-state index contributed by atoms with van der Waals surface area (Å²) >= 11 is 0. The molecule has 2 N–H and O–H groups in total. The topological polar surface area (TPSA) is 96.8 Å². The average Bonchev–Trinajstić information content (AvgIpc) is 3.56. The van der Waals surface area contributed by atoms with E-state index in [-0.39, 0.29) is 5.91 Å². The van der Waals surface area contributed by atoms with Crippen LogP contribution in [0.1, 0.15) is 86.3 Å². The number of aryl methyl sites for hydroxylation is 1. The lowest BCUT2D eigenvalue weighted by atomic mass is 10.0. The zero-order valence-corrected chi connectivity index (χ0v) is 24.0. The molecule has 1 saturated heterocycles. The second kappa shape index (κ2) is 13.2. The number of fused-ring (bicyclic) bond motifs is 1. The summed E-state index contributed by atoms with van der Waals surface area (Å²) in [7, 11) is 0. The lowest BCUT2D eigenvalue weighted by Crippen LogP contribution is -2.34. The molecule has 8 heteroatoms. The van der Waals surface area contributed by atoms with Crippen molar-refractivity contribution in [3.8, 4) is 11.3 Å². The summed E-state index contributed by atoms with van der Waals surface area (Å²) < 4.78 is 2.05. The Labute approximate surface area is 232 Å². The van der Waals surface area contributed by atoms with Gasteiger partial charge in [0.15, 0.2) is 5.65 Å². The van der Waals surface area contributed by atoms with Crippen LogP contribution < -0.4 is 5.73 Å². The van der Waals surface area contributed by atoms with Gasteiger partial charge in [-0.1, -0.05) is 39.8 Å². The molecule has 1 aliphatic heterocycles. The highest BCUT2D eigenvalue weighted by Crippen LogP contribution is 2.27. The molecule has 0 saturated carbocycles. The summed E-state index contributed by atoms with van der Waals surface area (Å²) in [6.07, 6.45) is 9.88. The molecule has 0 unspecified atom stereocenters. The van der Waals surface area contributed by atoms with E-state index in [2.05, 4.69) is 37.6 Å². The highest BCUT2D eigenvalue weighted by atomic mass is 16.2. The molecule has 0 aliphatic carbocycles. The number of primary amides is 1. The van der Waals surface area contributed by atoms with E-state index in [1.54, 1.807) is 18.3 Å². The van der Waals surface area contributed by atoms with E-state index in [0.29, 0.717) is 28.7 Å². The molecule has 1 fully saturated rings. The van der Waals surface area contributed by atoms with Crippen LogP contribution in [0.15, 0.2) is 36.7 Å². The maximum Gasteiger partial charge on any atom is 0.273 e. The predicted octanol–water partition coefficient (Wildman–Crippen LogP) is 5.06. The first-order valence-corrected chi connectivity index (χ1v) is 14.5. The third kappa shape index (κ3) is 7.44. The molecule has 1 aromatic carbocycles. The van der Waals surface area contributed by atoms with E-state index in [0.717, 1.165) is 62.3 Å². The number of hydrogen-bond donors (Lipinski definition) is 1. The fourth-order valence-corrected chi connectivity index (χ4v) is 5.16. The van der Waals surface area contributed by atoms with Gasteiger partial charge >= 0.3 is 0 Å². The number of nitrogens with zero attached hydrogens (tertiary/aromatic N) is 5. The van der Waals surface area contributed by atoms with E-state index < -0.39 is 5.91 Å². The van der Waals surface area contributed by atoms with Crippen LogP contribution in [0.4, 0.5) is 0 Å². The van der Waals surface area contributed by atoms with E-state index in [9.17, 15) is 9.59 Å². The predicted molar refractivity (Wildman–Crippen MR) is 156 cm³/mol. The summed E-state index contributed by atoms with van der Waals surface area (Å²) in [5.74, 6) is 0.569. The Bertz CT molecular complexity index is 1250. The molecule has 0 bridgehead atoms. The number of likely N-dealkylation sites (tertiary alicyclic amines) is 1. The summed E-state index contributed by atoms with van der Waals surface area (Å²) in [6.45, 7) is 13.6. The van der Waals surface area contributed by atoms with Crippen molar-refractivity contribution < 1.29 is 9.59 Å². The fourth-order valence-electron chi connectivity index (χ4n) is 5.16. The monoisotopic (exact) mass is 532 g/mol. The molecule has 2 amide bonds. The molecular formula is C31H44N6O2. The Hall–Kier alpha value is -3.26. The van der Waals surface area contributed by atoms with Gasteiger partial charge in [-0.05, 0) is 82.1 Å². The van der Waals surface area contributed by atoms with Crippen LogP contribution in [0, 0.1) is 11.8 Å². The van der Waals surface area contributed by atoms with Gasteiger partial charge in [0.2, 0.25) is 5.91 Å². The van der Waals surface area contributed by atoms with Gasteiger partial charge in [0.25, 0.3) is 5.91 Å². The highest BCUT2D eigenvalue weighted by Gasteiger charge is 2.21. The summed E-state index contributed by atoms with van der Waals surface area (Å²) in [5.41, 5.74) is 9.92. The molecule has 2 aromatic heterocycles. The first-order chi connectivity index (χ1) is 18.7. The van der Waals surface area contributed by atoms with Gasteiger partial charge in [0.1, 0.15) is 5.69 Å². The molecule has 0 radical (unpaired) electrons. The minimum atomic E-state index is -0.450. The number of aromatic nitrogens is 3. The number of amides is 2. The van der Waals surface area contributed by atoms with Crippen molar-refractivity contribution in [1.82, 2.24) is 24.2 Å². The molecule has 3 aromatic rings. The zero-order valence-electron chi connectivity index (χ0n) is 24.0. The van der Waals surface area contributed by atoms with Crippen molar-refractivity contribution >= 4 is 17.5 Å². The van der Waals surface area contributed by atoms with Crippen molar-refractivity contribution in [1.29, 1.82) is 0 Å². The van der Waals surface area contributed by atoms with Gasteiger partial charge < -0.3 is 15.5 Å². The van der Waals surface area contributed by atoms with Crippen LogP contribution in [-0.2, 0) is 6.42 Å². The molecule has 3 heterocycles. The van der Waals surface area contributed by atoms with Crippen molar-refractivity contribution in [3.63, 3.8) is 0 Å². The number of hydrogen-bond acceptors (Lipinski definition) is 5. The second-order valence-electron chi connectivity index (χ2n) is 11.7. The van der Waals surface area contributed by atoms with Crippen LogP contribution in [0.2, 0.25) is 0 Å². The average molecular weight is 533 g/mol. The molecule has 1 aliphatic rings. The Balaban J connectivity index is 1.67. The van der Waals surface area contributed by atoms with Crippen LogP contribution in [0.5, 0.6) is 0 Å². The third-order valence-electron chi connectivity index (χ3n) is 7.60. The van der Waals surface area contributed by atoms with Crippen molar-refractivity contribution in [2.24, 2.45) is 17.6 Å². The Morgan fingerprint density at radius 3 is 2.23 bits per heavy atom. The van der Waals surface area contributed by atoms with Crippen LogP contribution in [0.25, 0.3) is 16.9 Å². The molecule has 39 heavy (non-hydrogen) atoms. The number of nitrogens with two attached hydrogens (primary N) is 1. The second-order valence-corrected chi connectivity index (χ2v) is 11.7. The fraction of sp³-hybridized carbons (Fsp3) is 0.548. The van der Waals surface area contributed by atoms with Crippen molar-refractivity contribution in [2.45, 2.75) is 66.2 Å². The summed E-state index contributed by atoms with van der Waals surface area (Å²) in [4.78, 5) is 39.2. The van der Waals surface area contributed by atoms with Crippen LogP contribution >= 0.6 is 0 Å². The van der Waals surface area contributed by atoms with Crippen LogP contribution in [0.3, 0.4) is 0 Å². The standard InChI is InChI=1S/C31H44N6O2/c1-22(2)13-18-36(19-14-23(3)4)31(39)26-21-37-27(8-7-17-35-15-5-6-16-35)29(34-28(37)20-33-26)24-9-11-25(12-10-24)30(32)38/h9-12,20-23H,5-8,13-19H2,1-4H3,(H2,32,38). The number of carbonyl (C=O) groups is 2. The summed E-state index contributed by atoms with van der Waals surface area (Å²) in [6, 6.07) is 7.27. The molecular weight excluding hydrogens is 488 g/mol. The molecule has 0 spiro atoms. The van der Waals surface area contributed by atoms with Gasteiger partial charge in [0, 0.05) is 30.4 Å². The third-order valence-corrected chi connectivity index (χ3v) is 7.60. The van der Waals surface area contributed by atoms with Gasteiger partial charge in [0.05, 0.1) is 17.6 Å². The quantitative estimate of drug-likeness (QED) is 0.332. The van der Waals surface area contributed by atoms with Gasteiger partial charge in [-0.15, -0.1) is 0 Å². The minimum Gasteiger partial charge on any atom is -0.366 e. The lowest BCUT2D eigenvalue weighted by Gasteiger charge is -2.24. The Morgan fingerprint density at radius 1 is 1.00 bits per heavy atom. The Morgan fingerprint density at radius 2 is 1.64 bits per heavy atom. The summed E-state index contributed by atoms with van der Waals surface area (Å²) in [5, 5.41) is 0. The maximum absolute atomic E-state index is 13.7. The maximum atomic E-state index is 13.7. The van der Waals surface area contributed by atoms with Gasteiger partial charge in [-0.2, -0.15) is 0 Å². The van der Waals surface area contributed by atoms with Crippen LogP contribution in [-0.4, -0.2) is 68.7 Å². The zero-order chi connectivity index (χ0) is 27.9. The number of imidazole rings is 1. The van der Waals surface area contributed by atoms with Gasteiger partial charge in [-0.3, -0.25) is 14.0 Å². The Kier molecular flexibility index (Phi) is 9.73. The molecule has 210 valence electrons. The first kappa shape index (κ1) is 28.7. The number of rotatable bonds is 13. The van der Waals surface area contributed by atoms with E-state index in [4.69, 9.17) is 10.7 Å². The largest absolute Gasteiger partial charge is 0.366 e. The SMILES string of the molecule is CC(C)CCN(CCC(C)C)C(=O)c1cn2c(CCCN3CCCC3)c(-c3ccc(C(N)=O)cc3)nc2cn1. The molecule has 4 rings (SSSR count). The highest BCUT2D eigenvalue weighted by molar-refractivity contribution is 5.93.